The van der Waals surface area contributed by atoms with Gasteiger partial charge in [0, 0.05) is 17.4 Å². The molecule has 0 aromatic heterocycles. The highest BCUT2D eigenvalue weighted by molar-refractivity contribution is 8.00. The van der Waals surface area contributed by atoms with Crippen LogP contribution in [-0.4, -0.2) is 33.5 Å². The highest BCUT2D eigenvalue weighted by Crippen LogP contribution is 2.23. The van der Waals surface area contributed by atoms with E-state index >= 15 is 0 Å². The average Bonchev–Trinajstić information content (AvgIpc) is 1.94. The molecule has 5 heteroatoms. The van der Waals surface area contributed by atoms with E-state index in [1.54, 1.807) is 0 Å². The molecule has 0 fully saturated rings. The molecule has 1 amide bonds. The Balaban J connectivity index is 4.11. The third kappa shape index (κ3) is 6.77. The number of aliphatic carboxylic acids is 1. The Hall–Kier alpha value is -0.710. The van der Waals surface area contributed by atoms with Crippen LogP contribution in [-0.2, 0) is 9.59 Å². The quantitative estimate of drug-likeness (QED) is 0.743. The third-order valence-corrected chi connectivity index (χ3v) is 2.72. The zero-order valence-corrected chi connectivity index (χ0v) is 9.77. The molecule has 4 nitrogen and oxygen atoms in total. The van der Waals surface area contributed by atoms with Crippen LogP contribution >= 0.6 is 11.8 Å². The number of thioether (sulfide) groups is 1. The van der Waals surface area contributed by atoms with Crippen molar-refractivity contribution in [2.75, 3.05) is 5.75 Å². The summed E-state index contributed by atoms with van der Waals surface area (Å²) >= 11 is 1.52. The lowest BCUT2D eigenvalue weighted by Gasteiger charge is -2.20. The topological polar surface area (TPSA) is 66.4 Å². The van der Waals surface area contributed by atoms with E-state index in [2.05, 4.69) is 5.32 Å². The van der Waals surface area contributed by atoms with E-state index in [1.165, 1.54) is 18.7 Å². The zero-order chi connectivity index (χ0) is 11.4. The normalized spacial score (nSPS) is 13.4. The molecule has 0 saturated heterocycles. The fourth-order valence-electron chi connectivity index (χ4n) is 0.753. The molecule has 2 N–H and O–H groups in total. The predicted molar refractivity (Wildman–Crippen MR) is 57.5 cm³/mol. The van der Waals surface area contributed by atoms with Crippen LogP contribution in [0.15, 0.2) is 0 Å². The molecule has 1 unspecified atom stereocenters. The molecule has 82 valence electrons. The summed E-state index contributed by atoms with van der Waals surface area (Å²) in [6.45, 7) is 7.33. The monoisotopic (exact) mass is 219 g/mol. The van der Waals surface area contributed by atoms with Gasteiger partial charge in [-0.15, -0.1) is 0 Å². The lowest BCUT2D eigenvalue weighted by Crippen LogP contribution is -2.42. The molecule has 0 aliphatic heterocycles. The third-order valence-electron chi connectivity index (χ3n) is 1.36. The van der Waals surface area contributed by atoms with Gasteiger partial charge in [-0.3, -0.25) is 4.79 Å². The molecule has 14 heavy (non-hydrogen) atoms. The molecule has 0 aromatic carbocycles. The first-order valence-corrected chi connectivity index (χ1v) is 5.35. The summed E-state index contributed by atoms with van der Waals surface area (Å²) in [6, 6.07) is -0.795. The first-order valence-electron chi connectivity index (χ1n) is 4.36. The molecular weight excluding hydrogens is 202 g/mol. The van der Waals surface area contributed by atoms with Crippen molar-refractivity contribution >= 4 is 23.6 Å². The van der Waals surface area contributed by atoms with E-state index in [-0.39, 0.29) is 10.7 Å². The second kappa shape index (κ2) is 5.24. The van der Waals surface area contributed by atoms with E-state index in [4.69, 9.17) is 5.11 Å². The molecule has 0 saturated carbocycles. The Morgan fingerprint density at radius 2 is 1.93 bits per heavy atom. The van der Waals surface area contributed by atoms with Crippen molar-refractivity contribution in [1.29, 1.82) is 0 Å². The van der Waals surface area contributed by atoms with E-state index < -0.39 is 12.0 Å². The average molecular weight is 219 g/mol. The highest BCUT2D eigenvalue weighted by Gasteiger charge is 2.21. The summed E-state index contributed by atoms with van der Waals surface area (Å²) in [4.78, 5) is 21.4. The number of amides is 1. The van der Waals surface area contributed by atoms with Gasteiger partial charge in [0.2, 0.25) is 5.91 Å². The smallest absolute Gasteiger partial charge is 0.327 e. The van der Waals surface area contributed by atoms with Crippen LogP contribution < -0.4 is 5.32 Å². The van der Waals surface area contributed by atoms with Gasteiger partial charge in [-0.05, 0) is 0 Å². The van der Waals surface area contributed by atoms with Crippen molar-refractivity contribution in [3.8, 4) is 0 Å². The van der Waals surface area contributed by atoms with Crippen molar-refractivity contribution < 1.29 is 14.7 Å². The summed E-state index contributed by atoms with van der Waals surface area (Å²) in [5, 5.41) is 11.2. The number of carbonyl (C=O) groups is 2. The number of carboxylic acids is 1. The molecule has 0 heterocycles. The second-order valence-corrected chi connectivity index (χ2v) is 5.86. The van der Waals surface area contributed by atoms with Gasteiger partial charge in [-0.2, -0.15) is 11.8 Å². The van der Waals surface area contributed by atoms with Gasteiger partial charge in [0.15, 0.2) is 0 Å². The number of nitrogens with one attached hydrogen (secondary N) is 1. The Labute approximate surface area is 88.4 Å². The van der Waals surface area contributed by atoms with Crippen LogP contribution in [0.1, 0.15) is 27.7 Å². The fraction of sp³-hybridized carbons (Fsp3) is 0.778. The van der Waals surface area contributed by atoms with E-state index in [9.17, 15) is 9.59 Å². The second-order valence-electron chi connectivity index (χ2n) is 4.01. The van der Waals surface area contributed by atoms with E-state index in [0.29, 0.717) is 5.75 Å². The Bertz CT molecular complexity index is 223. The van der Waals surface area contributed by atoms with Crippen LogP contribution in [0.25, 0.3) is 0 Å². The molecule has 0 rings (SSSR count). The first kappa shape index (κ1) is 13.3. The van der Waals surface area contributed by atoms with E-state index in [0.717, 1.165) is 0 Å². The summed E-state index contributed by atoms with van der Waals surface area (Å²) in [5.41, 5.74) is 0. The molecule has 0 spiro atoms. The lowest BCUT2D eigenvalue weighted by atomic mass is 10.3. The van der Waals surface area contributed by atoms with E-state index in [1.807, 2.05) is 20.8 Å². The van der Waals surface area contributed by atoms with Gasteiger partial charge in [0.25, 0.3) is 0 Å². The standard InChI is InChI=1S/C9H17NO3S/c1-6(11)10-7(8(12)13)5-14-9(2,3)4/h7H,5H2,1-4H3,(H,10,11)(H,12,13). The van der Waals surface area contributed by atoms with Crippen LogP contribution in [0.3, 0.4) is 0 Å². The molecule has 0 radical (unpaired) electrons. The van der Waals surface area contributed by atoms with Gasteiger partial charge in [0.1, 0.15) is 6.04 Å². The maximum Gasteiger partial charge on any atom is 0.327 e. The number of rotatable bonds is 4. The van der Waals surface area contributed by atoms with Crippen molar-refractivity contribution in [3.05, 3.63) is 0 Å². The Kier molecular flexibility index (Phi) is 4.97. The van der Waals surface area contributed by atoms with Crippen molar-refractivity contribution in [2.24, 2.45) is 0 Å². The maximum atomic E-state index is 10.7. The molecule has 0 aromatic rings. The number of hydrogen-bond acceptors (Lipinski definition) is 3. The SMILES string of the molecule is CC(=O)NC(CSC(C)(C)C)C(=O)O. The Morgan fingerprint density at radius 1 is 1.43 bits per heavy atom. The van der Waals surface area contributed by atoms with Gasteiger partial charge in [-0.1, -0.05) is 20.8 Å². The number of hydrogen-bond donors (Lipinski definition) is 2. The summed E-state index contributed by atoms with van der Waals surface area (Å²) < 4.78 is 0.00612. The minimum Gasteiger partial charge on any atom is -0.480 e. The predicted octanol–water partition coefficient (Wildman–Crippen LogP) is 1.11. The largest absolute Gasteiger partial charge is 0.480 e. The van der Waals surface area contributed by atoms with Gasteiger partial charge < -0.3 is 10.4 Å². The van der Waals surface area contributed by atoms with Crippen molar-refractivity contribution in [2.45, 2.75) is 38.5 Å². The summed E-state index contributed by atoms with van der Waals surface area (Å²) in [6.07, 6.45) is 0. The lowest BCUT2D eigenvalue weighted by molar-refractivity contribution is -0.140. The van der Waals surface area contributed by atoms with Crippen LogP contribution in [0.4, 0.5) is 0 Å². The minimum atomic E-state index is -0.989. The fourth-order valence-corrected chi connectivity index (χ4v) is 1.65. The van der Waals surface area contributed by atoms with Gasteiger partial charge in [0.05, 0.1) is 0 Å². The first-order chi connectivity index (χ1) is 6.22. The number of carbonyl (C=O) groups excluding carboxylic acids is 1. The highest BCUT2D eigenvalue weighted by atomic mass is 32.2. The van der Waals surface area contributed by atoms with Gasteiger partial charge in [-0.25, -0.2) is 4.79 Å². The molecule has 0 bridgehead atoms. The number of carboxylic acid groups (broad SMARTS) is 1. The van der Waals surface area contributed by atoms with Crippen LogP contribution in [0.5, 0.6) is 0 Å². The Morgan fingerprint density at radius 3 is 2.21 bits per heavy atom. The molecule has 0 aliphatic rings. The van der Waals surface area contributed by atoms with Gasteiger partial charge >= 0.3 is 5.97 Å². The summed E-state index contributed by atoms with van der Waals surface area (Å²) in [5.74, 6) is -0.915. The molecule has 1 atom stereocenters. The van der Waals surface area contributed by atoms with Crippen molar-refractivity contribution in [1.82, 2.24) is 5.32 Å². The van der Waals surface area contributed by atoms with Crippen LogP contribution in [0.2, 0.25) is 0 Å². The zero-order valence-electron chi connectivity index (χ0n) is 8.96. The molecular formula is C9H17NO3S. The minimum absolute atomic E-state index is 0.00612. The van der Waals surface area contributed by atoms with Crippen LogP contribution in [0, 0.1) is 0 Å². The van der Waals surface area contributed by atoms with Crippen molar-refractivity contribution in [3.63, 3.8) is 0 Å². The summed E-state index contributed by atoms with van der Waals surface area (Å²) in [7, 11) is 0. The molecule has 0 aliphatic carbocycles. The maximum absolute atomic E-state index is 10.7.